The summed E-state index contributed by atoms with van der Waals surface area (Å²) in [7, 11) is 1.60. The zero-order valence-electron chi connectivity index (χ0n) is 11.2. The highest BCUT2D eigenvalue weighted by Gasteiger charge is 2.08. The molecule has 0 aliphatic rings. The molecule has 0 aliphatic heterocycles. The van der Waals surface area contributed by atoms with Crippen molar-refractivity contribution in [3.8, 4) is 11.5 Å². The number of benzene rings is 2. The maximum Gasteiger partial charge on any atom is 0.119 e. The number of methoxy groups -OCH3 is 1. The van der Waals surface area contributed by atoms with Crippen molar-refractivity contribution < 1.29 is 9.84 Å². The van der Waals surface area contributed by atoms with E-state index in [0.717, 1.165) is 16.8 Å². The molecule has 3 N–H and O–H groups in total. The van der Waals surface area contributed by atoms with E-state index in [0.29, 0.717) is 16.1 Å². The number of aromatic hydroxyl groups is 1. The van der Waals surface area contributed by atoms with Crippen molar-refractivity contribution in [1.29, 1.82) is 0 Å². The molecule has 0 bridgehead atoms. The van der Waals surface area contributed by atoms with Crippen LogP contribution in [0.2, 0.25) is 0 Å². The molecule has 0 fully saturated rings. The van der Waals surface area contributed by atoms with E-state index >= 15 is 0 Å². The standard InChI is InChI=1S/C15H15BrN2O2/c1-9-7-10(19)3-6-14(9)18-15(16)12-8-11(20-2)4-5-13(12)17/h3-8,19H,17H2,1-2H3. The summed E-state index contributed by atoms with van der Waals surface area (Å²) in [5.74, 6) is 0.933. The van der Waals surface area contributed by atoms with Gasteiger partial charge < -0.3 is 15.6 Å². The topological polar surface area (TPSA) is 67.8 Å². The average Bonchev–Trinajstić information content (AvgIpc) is 2.42. The fraction of sp³-hybridized carbons (Fsp3) is 0.133. The number of hydrogen-bond acceptors (Lipinski definition) is 4. The number of nitrogens with two attached hydrogens (primary N) is 1. The molecule has 0 saturated heterocycles. The van der Waals surface area contributed by atoms with Crippen molar-refractivity contribution in [1.82, 2.24) is 0 Å². The SMILES string of the molecule is COc1ccc(N)c(C(Br)=Nc2ccc(O)cc2C)c1. The molecule has 0 saturated carbocycles. The molecule has 5 heteroatoms. The number of ether oxygens (including phenoxy) is 1. The van der Waals surface area contributed by atoms with Gasteiger partial charge in [-0.05, 0) is 64.8 Å². The Kier molecular flexibility index (Phi) is 4.29. The highest BCUT2D eigenvalue weighted by atomic mass is 79.9. The Morgan fingerprint density at radius 3 is 2.65 bits per heavy atom. The molecule has 0 atom stereocenters. The van der Waals surface area contributed by atoms with Gasteiger partial charge >= 0.3 is 0 Å². The molecule has 2 rings (SSSR count). The summed E-state index contributed by atoms with van der Waals surface area (Å²) in [6, 6.07) is 10.4. The van der Waals surface area contributed by atoms with Crippen LogP contribution in [0.4, 0.5) is 11.4 Å². The summed E-state index contributed by atoms with van der Waals surface area (Å²) < 4.78 is 5.80. The Hall–Kier alpha value is -2.01. The van der Waals surface area contributed by atoms with E-state index in [9.17, 15) is 5.11 Å². The van der Waals surface area contributed by atoms with Crippen LogP contribution in [-0.2, 0) is 0 Å². The van der Waals surface area contributed by atoms with Crippen LogP contribution in [0.15, 0.2) is 41.4 Å². The first-order chi connectivity index (χ1) is 9.51. The summed E-state index contributed by atoms with van der Waals surface area (Å²) in [4.78, 5) is 4.49. The van der Waals surface area contributed by atoms with E-state index in [4.69, 9.17) is 10.5 Å². The Morgan fingerprint density at radius 2 is 2.00 bits per heavy atom. The van der Waals surface area contributed by atoms with Crippen molar-refractivity contribution in [3.63, 3.8) is 0 Å². The molecule has 4 nitrogen and oxygen atoms in total. The molecule has 0 heterocycles. The maximum atomic E-state index is 9.40. The van der Waals surface area contributed by atoms with Crippen LogP contribution in [0.1, 0.15) is 11.1 Å². The predicted molar refractivity (Wildman–Crippen MR) is 85.4 cm³/mol. The second-order valence-corrected chi connectivity index (χ2v) is 5.08. The average molecular weight is 335 g/mol. The summed E-state index contributed by atoms with van der Waals surface area (Å²) in [5, 5.41) is 9.40. The molecule has 104 valence electrons. The molecule has 0 aliphatic carbocycles. The van der Waals surface area contributed by atoms with E-state index in [1.807, 2.05) is 13.0 Å². The molecular weight excluding hydrogens is 320 g/mol. The van der Waals surface area contributed by atoms with Gasteiger partial charge in [0.2, 0.25) is 0 Å². The third-order valence-electron chi connectivity index (χ3n) is 2.88. The number of nitrogen functional groups attached to an aromatic ring is 1. The number of anilines is 1. The second-order valence-electron chi connectivity index (χ2n) is 4.33. The number of halogens is 1. The van der Waals surface area contributed by atoms with Crippen LogP contribution in [0.3, 0.4) is 0 Å². The fourth-order valence-corrected chi connectivity index (χ4v) is 2.31. The lowest BCUT2D eigenvalue weighted by Gasteiger charge is -2.08. The molecule has 0 unspecified atom stereocenters. The molecule has 20 heavy (non-hydrogen) atoms. The first-order valence-electron chi connectivity index (χ1n) is 5.99. The number of rotatable bonds is 3. The van der Waals surface area contributed by atoms with E-state index in [1.54, 1.807) is 37.4 Å². The Bertz CT molecular complexity index is 669. The highest BCUT2D eigenvalue weighted by molar-refractivity contribution is 9.18. The Balaban J connectivity index is 2.44. The van der Waals surface area contributed by atoms with Gasteiger partial charge in [0, 0.05) is 11.3 Å². The van der Waals surface area contributed by atoms with Crippen LogP contribution >= 0.6 is 15.9 Å². The van der Waals surface area contributed by atoms with Crippen molar-refractivity contribution in [2.24, 2.45) is 4.99 Å². The third kappa shape index (κ3) is 3.11. The van der Waals surface area contributed by atoms with Crippen LogP contribution in [-0.4, -0.2) is 16.8 Å². The lowest BCUT2D eigenvalue weighted by molar-refractivity contribution is 0.415. The second kappa shape index (κ2) is 5.96. The summed E-state index contributed by atoms with van der Waals surface area (Å²) in [6.45, 7) is 1.88. The van der Waals surface area contributed by atoms with Crippen LogP contribution in [0.5, 0.6) is 11.5 Å². The summed E-state index contributed by atoms with van der Waals surface area (Å²) in [6.07, 6.45) is 0. The van der Waals surface area contributed by atoms with E-state index < -0.39 is 0 Å². The maximum absolute atomic E-state index is 9.40. The molecule has 0 aromatic heterocycles. The molecule has 2 aromatic rings. The van der Waals surface area contributed by atoms with E-state index in [-0.39, 0.29) is 5.75 Å². The van der Waals surface area contributed by atoms with E-state index in [1.165, 1.54) is 0 Å². The first kappa shape index (κ1) is 14.4. The minimum absolute atomic E-state index is 0.221. The zero-order chi connectivity index (χ0) is 14.7. The number of aryl methyl sites for hydroxylation is 1. The van der Waals surface area contributed by atoms with Crippen molar-refractivity contribution in [2.75, 3.05) is 12.8 Å². The molecule has 0 amide bonds. The van der Waals surface area contributed by atoms with Gasteiger partial charge in [-0.25, -0.2) is 4.99 Å². The Labute approximate surface area is 126 Å². The van der Waals surface area contributed by atoms with Gasteiger partial charge in [0.05, 0.1) is 12.8 Å². The van der Waals surface area contributed by atoms with Gasteiger partial charge in [-0.15, -0.1) is 0 Å². The monoisotopic (exact) mass is 334 g/mol. The van der Waals surface area contributed by atoms with Crippen LogP contribution in [0, 0.1) is 6.92 Å². The first-order valence-corrected chi connectivity index (χ1v) is 6.78. The predicted octanol–water partition coefficient (Wildman–Crippen LogP) is 3.76. The van der Waals surface area contributed by atoms with Gasteiger partial charge in [-0.1, -0.05) is 0 Å². The molecule has 2 aromatic carbocycles. The highest BCUT2D eigenvalue weighted by Crippen LogP contribution is 2.27. The van der Waals surface area contributed by atoms with Gasteiger partial charge in [0.25, 0.3) is 0 Å². The number of phenolic OH excluding ortho intramolecular Hbond substituents is 1. The number of phenols is 1. The zero-order valence-corrected chi connectivity index (χ0v) is 12.8. The van der Waals surface area contributed by atoms with Gasteiger partial charge in [0.15, 0.2) is 0 Å². The fourth-order valence-electron chi connectivity index (χ4n) is 1.77. The molecular formula is C15H15BrN2O2. The Morgan fingerprint density at radius 1 is 1.25 bits per heavy atom. The summed E-state index contributed by atoms with van der Waals surface area (Å²) in [5.41, 5.74) is 8.96. The van der Waals surface area contributed by atoms with Gasteiger partial charge in [-0.3, -0.25) is 0 Å². The third-order valence-corrected chi connectivity index (χ3v) is 3.49. The van der Waals surface area contributed by atoms with E-state index in [2.05, 4.69) is 20.9 Å². The van der Waals surface area contributed by atoms with Crippen LogP contribution < -0.4 is 10.5 Å². The number of nitrogens with zero attached hydrogens (tertiary/aromatic N) is 1. The van der Waals surface area contributed by atoms with Crippen LogP contribution in [0.25, 0.3) is 0 Å². The number of aliphatic imine (C=N–C) groups is 1. The largest absolute Gasteiger partial charge is 0.508 e. The minimum Gasteiger partial charge on any atom is -0.508 e. The quantitative estimate of drug-likeness (QED) is 0.663. The lowest BCUT2D eigenvalue weighted by Crippen LogP contribution is -1.99. The van der Waals surface area contributed by atoms with Gasteiger partial charge in [0.1, 0.15) is 16.1 Å². The van der Waals surface area contributed by atoms with Gasteiger partial charge in [-0.2, -0.15) is 0 Å². The number of hydrogen-bond donors (Lipinski definition) is 2. The molecule has 0 spiro atoms. The van der Waals surface area contributed by atoms with Crippen molar-refractivity contribution in [2.45, 2.75) is 6.92 Å². The minimum atomic E-state index is 0.221. The lowest BCUT2D eigenvalue weighted by atomic mass is 10.1. The summed E-state index contributed by atoms with van der Waals surface area (Å²) >= 11 is 3.44. The van der Waals surface area contributed by atoms with Crippen molar-refractivity contribution in [3.05, 3.63) is 47.5 Å². The molecule has 0 radical (unpaired) electrons. The normalized spacial score (nSPS) is 11.4. The smallest absolute Gasteiger partial charge is 0.119 e. The van der Waals surface area contributed by atoms with Crippen molar-refractivity contribution >= 4 is 31.9 Å².